The van der Waals surface area contributed by atoms with Gasteiger partial charge in [-0.3, -0.25) is 0 Å². The molecule has 3 nitrogen and oxygen atoms in total. The van der Waals surface area contributed by atoms with E-state index in [1.165, 1.54) is 16.7 Å². The maximum atomic E-state index is 9.98. The summed E-state index contributed by atoms with van der Waals surface area (Å²) in [6.45, 7) is 17.5. The van der Waals surface area contributed by atoms with Gasteiger partial charge in [-0.15, -0.1) is 0 Å². The number of allylic oxidation sites excluding steroid dienone is 9. The molecule has 3 rings (SSSR count). The summed E-state index contributed by atoms with van der Waals surface area (Å²) in [6.07, 6.45) is 8.54. The molecule has 1 aromatic carbocycles. The maximum absolute atomic E-state index is 9.98. The van der Waals surface area contributed by atoms with Crippen LogP contribution in [-0.4, -0.2) is 6.54 Å². The zero-order valence-electron chi connectivity index (χ0n) is 19.9. The van der Waals surface area contributed by atoms with E-state index in [-0.39, 0.29) is 5.41 Å². The van der Waals surface area contributed by atoms with Crippen LogP contribution in [0.2, 0.25) is 0 Å². The van der Waals surface area contributed by atoms with Crippen LogP contribution in [-0.2, 0) is 13.0 Å². The van der Waals surface area contributed by atoms with E-state index in [9.17, 15) is 10.5 Å². The third-order valence-corrected chi connectivity index (χ3v) is 5.90. The smallest absolute Gasteiger partial charge is 0.100 e. The Morgan fingerprint density at radius 3 is 2.58 bits per heavy atom. The number of hydrogen-bond acceptors (Lipinski definition) is 3. The lowest BCUT2D eigenvalue weighted by atomic mass is 9.79. The molecule has 1 heterocycles. The second-order valence-electron chi connectivity index (χ2n) is 9.33. The zero-order valence-corrected chi connectivity index (χ0v) is 19.9. The molecular formula is C30H29N3. The fourth-order valence-electron chi connectivity index (χ4n) is 4.07. The second-order valence-corrected chi connectivity index (χ2v) is 9.33. The molecule has 33 heavy (non-hydrogen) atoms. The Morgan fingerprint density at radius 2 is 1.94 bits per heavy atom. The molecule has 3 heteroatoms. The number of rotatable bonds is 4. The molecule has 0 unspecified atom stereocenters. The van der Waals surface area contributed by atoms with Crippen LogP contribution in [0.25, 0.3) is 6.08 Å². The van der Waals surface area contributed by atoms with Gasteiger partial charge >= 0.3 is 0 Å². The SMILES string of the molecule is C=CC(=C(\C)C#N)/C(C#N)=C(/C=C/C1=Cc2cc3c(cc2CC1=C)C#CCNC3)C(C)(C)C. The van der Waals surface area contributed by atoms with Crippen LogP contribution >= 0.6 is 0 Å². The van der Waals surface area contributed by atoms with E-state index in [1.54, 1.807) is 13.0 Å². The van der Waals surface area contributed by atoms with Crippen LogP contribution in [0.4, 0.5) is 0 Å². The Labute approximate surface area is 197 Å². The first kappa shape index (κ1) is 23.8. The van der Waals surface area contributed by atoms with Crippen LogP contribution in [0, 0.1) is 39.9 Å². The zero-order chi connectivity index (χ0) is 24.2. The van der Waals surface area contributed by atoms with Crippen LogP contribution in [0.1, 0.15) is 49.9 Å². The summed E-state index contributed by atoms with van der Waals surface area (Å²) in [6, 6.07) is 8.87. The fourth-order valence-corrected chi connectivity index (χ4v) is 4.07. The number of nitrogens with zero attached hydrogens (tertiary/aromatic N) is 2. The van der Waals surface area contributed by atoms with Gasteiger partial charge in [0.05, 0.1) is 18.2 Å². The number of fused-ring (bicyclic) bond motifs is 2. The topological polar surface area (TPSA) is 59.6 Å². The number of nitrogens with one attached hydrogen (secondary N) is 1. The number of nitriles is 2. The summed E-state index contributed by atoms with van der Waals surface area (Å²) in [4.78, 5) is 0. The quantitative estimate of drug-likeness (QED) is 0.357. The average Bonchev–Trinajstić information content (AvgIpc) is 3.00. The standard InChI is InChI=1S/C30H29N3/c1-7-27(21(3)17-31)28(18-32)29(30(4,5)6)11-10-22-14-25-16-26-19-33-12-8-9-23(26)15-24(25)13-20(22)2/h7,10-11,14-16,33H,1-2,12-13,19H2,3-6H3/b11-10+,27-21-,29-28-. The minimum Gasteiger partial charge on any atom is -0.302 e. The summed E-state index contributed by atoms with van der Waals surface area (Å²) >= 11 is 0. The Kier molecular flexibility index (Phi) is 7.04. The molecule has 1 aliphatic carbocycles. The van der Waals surface area contributed by atoms with Gasteiger partial charge in [-0.1, -0.05) is 64.0 Å². The molecule has 0 aromatic heterocycles. The number of hydrogen-bond donors (Lipinski definition) is 1. The van der Waals surface area contributed by atoms with Crippen molar-refractivity contribution in [2.45, 2.75) is 40.7 Å². The molecule has 0 bridgehead atoms. The van der Waals surface area contributed by atoms with Gasteiger partial charge in [0.25, 0.3) is 0 Å². The highest BCUT2D eigenvalue weighted by Crippen LogP contribution is 2.35. The lowest BCUT2D eigenvalue weighted by molar-refractivity contribution is 0.514. The molecule has 0 amide bonds. The first-order chi connectivity index (χ1) is 15.7. The van der Waals surface area contributed by atoms with Gasteiger partial charge in [-0.05, 0) is 70.4 Å². The van der Waals surface area contributed by atoms with Crippen molar-refractivity contribution < 1.29 is 0 Å². The molecule has 0 spiro atoms. The number of benzene rings is 1. The van der Waals surface area contributed by atoms with E-state index >= 15 is 0 Å². The van der Waals surface area contributed by atoms with Crippen molar-refractivity contribution in [3.8, 4) is 24.0 Å². The van der Waals surface area contributed by atoms with E-state index in [4.69, 9.17) is 0 Å². The fraction of sp³-hybridized carbons (Fsp3) is 0.267. The first-order valence-electron chi connectivity index (χ1n) is 11.0. The molecule has 2 aliphatic rings. The maximum Gasteiger partial charge on any atom is 0.100 e. The molecule has 0 saturated heterocycles. The van der Waals surface area contributed by atoms with Crippen molar-refractivity contribution in [2.24, 2.45) is 5.41 Å². The highest BCUT2D eigenvalue weighted by atomic mass is 14.8. The lowest BCUT2D eigenvalue weighted by Gasteiger charge is -2.24. The van der Waals surface area contributed by atoms with Crippen molar-refractivity contribution in [3.05, 3.63) is 99.2 Å². The minimum atomic E-state index is -0.304. The van der Waals surface area contributed by atoms with E-state index < -0.39 is 0 Å². The van der Waals surface area contributed by atoms with Gasteiger partial charge in [-0.25, -0.2) is 0 Å². The van der Waals surface area contributed by atoms with Crippen molar-refractivity contribution in [2.75, 3.05) is 6.54 Å². The molecular weight excluding hydrogens is 402 g/mol. The minimum absolute atomic E-state index is 0.304. The van der Waals surface area contributed by atoms with E-state index in [1.807, 2.05) is 12.2 Å². The third kappa shape index (κ3) is 5.15. The molecule has 0 atom stereocenters. The first-order valence-corrected chi connectivity index (χ1v) is 11.0. The average molecular weight is 432 g/mol. The summed E-state index contributed by atoms with van der Waals surface area (Å²) < 4.78 is 0. The van der Waals surface area contributed by atoms with Gasteiger partial charge in [0.15, 0.2) is 0 Å². The van der Waals surface area contributed by atoms with Crippen molar-refractivity contribution in [1.29, 1.82) is 10.5 Å². The molecule has 1 aliphatic heterocycles. The van der Waals surface area contributed by atoms with Gasteiger partial charge in [0.2, 0.25) is 0 Å². The molecule has 1 aromatic rings. The normalized spacial score (nSPS) is 16.5. The molecule has 0 fully saturated rings. The predicted octanol–water partition coefficient (Wildman–Crippen LogP) is 6.09. The van der Waals surface area contributed by atoms with Crippen LogP contribution in [0.3, 0.4) is 0 Å². The third-order valence-electron chi connectivity index (χ3n) is 5.90. The van der Waals surface area contributed by atoms with Gasteiger partial charge in [0.1, 0.15) is 6.07 Å². The molecule has 0 radical (unpaired) electrons. The second kappa shape index (κ2) is 9.75. The van der Waals surface area contributed by atoms with E-state index in [0.717, 1.165) is 35.2 Å². The molecule has 1 N–H and O–H groups in total. The lowest BCUT2D eigenvalue weighted by Crippen LogP contribution is -2.13. The summed E-state index contributed by atoms with van der Waals surface area (Å²) in [5.74, 6) is 6.40. The Hall–Kier alpha value is -3.84. The summed E-state index contributed by atoms with van der Waals surface area (Å²) in [5, 5.41) is 22.7. The van der Waals surface area contributed by atoms with E-state index in [2.05, 4.69) is 81.4 Å². The van der Waals surface area contributed by atoms with Gasteiger partial charge in [-0.2, -0.15) is 10.5 Å². The van der Waals surface area contributed by atoms with Gasteiger partial charge < -0.3 is 5.32 Å². The Bertz CT molecular complexity index is 1290. The van der Waals surface area contributed by atoms with Crippen molar-refractivity contribution >= 4 is 6.08 Å². The van der Waals surface area contributed by atoms with E-state index in [0.29, 0.717) is 23.3 Å². The highest BCUT2D eigenvalue weighted by molar-refractivity contribution is 5.71. The van der Waals surface area contributed by atoms with Crippen molar-refractivity contribution in [1.82, 2.24) is 5.32 Å². The largest absolute Gasteiger partial charge is 0.302 e. The Balaban J connectivity index is 2.10. The Morgan fingerprint density at radius 1 is 1.18 bits per heavy atom. The molecule has 0 saturated carbocycles. The highest BCUT2D eigenvalue weighted by Gasteiger charge is 2.22. The van der Waals surface area contributed by atoms with Crippen molar-refractivity contribution in [3.63, 3.8) is 0 Å². The predicted molar refractivity (Wildman–Crippen MR) is 136 cm³/mol. The van der Waals surface area contributed by atoms with Crippen LogP contribution in [0.15, 0.2) is 77.0 Å². The van der Waals surface area contributed by atoms with Crippen LogP contribution < -0.4 is 5.32 Å². The summed E-state index contributed by atoms with van der Waals surface area (Å²) in [7, 11) is 0. The molecule has 164 valence electrons. The van der Waals surface area contributed by atoms with Crippen LogP contribution in [0.5, 0.6) is 0 Å². The van der Waals surface area contributed by atoms with Gasteiger partial charge in [0, 0.05) is 23.3 Å². The summed E-state index contributed by atoms with van der Waals surface area (Å²) in [5.41, 5.74) is 8.86. The monoisotopic (exact) mass is 431 g/mol.